The summed E-state index contributed by atoms with van der Waals surface area (Å²) in [6.45, 7) is 4.19. The number of ether oxygens (including phenoxy) is 1. The number of rotatable bonds is 7. The van der Waals surface area contributed by atoms with Gasteiger partial charge >= 0.3 is 6.36 Å². The monoisotopic (exact) mass is 387 g/mol. The minimum atomic E-state index is -4.81. The predicted octanol–water partition coefficient (Wildman–Crippen LogP) is 2.57. The third-order valence-electron chi connectivity index (χ3n) is 5.10. The molecule has 2 rings (SSSR count). The fourth-order valence-electron chi connectivity index (χ4n) is 3.18. The molecule has 6 nitrogen and oxygen atoms in total. The van der Waals surface area contributed by atoms with Crippen LogP contribution in [-0.4, -0.2) is 37.3 Å². The fraction of sp³-hybridized carbons (Fsp3) is 0.556. The normalized spacial score (nSPS) is 17.9. The van der Waals surface area contributed by atoms with E-state index < -0.39 is 23.6 Å². The largest absolute Gasteiger partial charge is 0.573 e. The smallest absolute Gasteiger partial charge is 0.406 e. The molecular formula is C18H24F3N3O3. The molecule has 1 aliphatic heterocycles. The molecule has 0 saturated carbocycles. The lowest BCUT2D eigenvalue weighted by molar-refractivity contribution is -0.274. The van der Waals surface area contributed by atoms with E-state index in [0.717, 1.165) is 12.1 Å². The second-order valence-corrected chi connectivity index (χ2v) is 6.54. The minimum absolute atomic E-state index is 0.174. The molecule has 0 aromatic heterocycles. The average Bonchev–Trinajstić information content (AvgIpc) is 2.96. The SMILES string of the molecule is CCC(CC)(CN)C(=O)NC1CCN(c2cccc(OC(F)(F)F)c2)C1=O. The molecule has 0 bridgehead atoms. The number of anilines is 1. The number of benzene rings is 1. The Labute approximate surface area is 155 Å². The Bertz CT molecular complexity index is 682. The van der Waals surface area contributed by atoms with Gasteiger partial charge in [-0.1, -0.05) is 19.9 Å². The fourth-order valence-corrected chi connectivity index (χ4v) is 3.18. The van der Waals surface area contributed by atoms with Gasteiger partial charge in [0.1, 0.15) is 11.8 Å². The van der Waals surface area contributed by atoms with Crippen molar-refractivity contribution in [1.82, 2.24) is 5.32 Å². The van der Waals surface area contributed by atoms with E-state index in [1.165, 1.54) is 17.0 Å². The summed E-state index contributed by atoms with van der Waals surface area (Å²) in [7, 11) is 0. The number of hydrogen-bond acceptors (Lipinski definition) is 4. The van der Waals surface area contributed by atoms with Gasteiger partial charge in [-0.05, 0) is 31.4 Å². The molecule has 9 heteroatoms. The van der Waals surface area contributed by atoms with E-state index in [4.69, 9.17) is 5.73 Å². The lowest BCUT2D eigenvalue weighted by Gasteiger charge is -2.29. The van der Waals surface area contributed by atoms with Crippen LogP contribution in [0.4, 0.5) is 18.9 Å². The Kier molecular flexibility index (Phi) is 6.35. The van der Waals surface area contributed by atoms with Gasteiger partial charge in [0.15, 0.2) is 0 Å². The van der Waals surface area contributed by atoms with E-state index in [1.54, 1.807) is 0 Å². The van der Waals surface area contributed by atoms with Gasteiger partial charge in [-0.3, -0.25) is 9.59 Å². The van der Waals surface area contributed by atoms with Gasteiger partial charge in [0.25, 0.3) is 0 Å². The highest BCUT2D eigenvalue weighted by molar-refractivity contribution is 6.02. The molecule has 1 aromatic rings. The molecule has 3 N–H and O–H groups in total. The summed E-state index contributed by atoms with van der Waals surface area (Å²) < 4.78 is 41.0. The molecule has 1 atom stereocenters. The van der Waals surface area contributed by atoms with Crippen LogP contribution >= 0.6 is 0 Å². The zero-order valence-corrected chi connectivity index (χ0v) is 15.3. The number of nitrogens with one attached hydrogen (secondary N) is 1. The van der Waals surface area contributed by atoms with Gasteiger partial charge in [-0.25, -0.2) is 0 Å². The summed E-state index contributed by atoms with van der Waals surface area (Å²) in [6.07, 6.45) is -3.35. The molecule has 0 aliphatic carbocycles. The highest BCUT2D eigenvalue weighted by atomic mass is 19.4. The summed E-state index contributed by atoms with van der Waals surface area (Å²) in [5.74, 6) is -1.05. The summed E-state index contributed by atoms with van der Waals surface area (Å²) in [5.41, 5.74) is 5.32. The van der Waals surface area contributed by atoms with Gasteiger partial charge in [-0.15, -0.1) is 13.2 Å². The molecule has 0 radical (unpaired) electrons. The zero-order chi connectivity index (χ0) is 20.2. The van der Waals surface area contributed by atoms with E-state index in [2.05, 4.69) is 10.1 Å². The third kappa shape index (κ3) is 4.71. The van der Waals surface area contributed by atoms with E-state index in [1.807, 2.05) is 13.8 Å². The second kappa shape index (κ2) is 8.16. The van der Waals surface area contributed by atoms with Crippen LogP contribution in [0.5, 0.6) is 5.75 Å². The second-order valence-electron chi connectivity index (χ2n) is 6.54. The number of nitrogens with zero attached hydrogens (tertiary/aromatic N) is 1. The molecular weight excluding hydrogens is 363 g/mol. The summed E-state index contributed by atoms with van der Waals surface area (Å²) in [5, 5.41) is 2.75. The first-order valence-electron chi connectivity index (χ1n) is 8.84. The van der Waals surface area contributed by atoms with E-state index in [-0.39, 0.29) is 30.6 Å². The van der Waals surface area contributed by atoms with Crippen LogP contribution in [0, 0.1) is 5.41 Å². The third-order valence-corrected chi connectivity index (χ3v) is 5.10. The Morgan fingerprint density at radius 3 is 2.56 bits per heavy atom. The number of nitrogens with two attached hydrogens (primary N) is 1. The van der Waals surface area contributed by atoms with Crippen molar-refractivity contribution in [3.05, 3.63) is 24.3 Å². The highest BCUT2D eigenvalue weighted by Crippen LogP contribution is 2.30. The maximum Gasteiger partial charge on any atom is 0.573 e. The summed E-state index contributed by atoms with van der Waals surface area (Å²) >= 11 is 0. The van der Waals surface area contributed by atoms with E-state index >= 15 is 0 Å². The minimum Gasteiger partial charge on any atom is -0.406 e. The first-order valence-corrected chi connectivity index (χ1v) is 8.84. The molecule has 2 amide bonds. The van der Waals surface area contributed by atoms with Crippen molar-refractivity contribution in [2.75, 3.05) is 18.0 Å². The molecule has 1 unspecified atom stereocenters. The first-order chi connectivity index (χ1) is 12.7. The standard InChI is InChI=1S/C18H24F3N3O3/c1-3-17(4-2,11-22)16(26)23-14-8-9-24(15(14)25)12-6-5-7-13(10-12)27-18(19,20)21/h5-7,10,14H,3-4,8-9,11,22H2,1-2H3,(H,23,26). The molecule has 1 heterocycles. The molecule has 1 aliphatic rings. The molecule has 27 heavy (non-hydrogen) atoms. The zero-order valence-electron chi connectivity index (χ0n) is 15.3. The number of hydrogen-bond donors (Lipinski definition) is 2. The topological polar surface area (TPSA) is 84.7 Å². The van der Waals surface area contributed by atoms with Crippen LogP contribution in [-0.2, 0) is 9.59 Å². The van der Waals surface area contributed by atoms with Crippen LogP contribution in [0.25, 0.3) is 0 Å². The predicted molar refractivity (Wildman–Crippen MR) is 94.1 cm³/mol. The van der Waals surface area contributed by atoms with Crippen LogP contribution < -0.4 is 20.7 Å². The van der Waals surface area contributed by atoms with Crippen LogP contribution in [0.1, 0.15) is 33.1 Å². The summed E-state index contributed by atoms with van der Waals surface area (Å²) in [6, 6.07) is 4.48. The first kappa shape index (κ1) is 21.0. The Balaban J connectivity index is 2.11. The average molecular weight is 387 g/mol. The van der Waals surface area contributed by atoms with Crippen molar-refractivity contribution in [3.8, 4) is 5.75 Å². The van der Waals surface area contributed by atoms with Gasteiger partial charge in [0, 0.05) is 24.8 Å². The van der Waals surface area contributed by atoms with Gasteiger partial charge in [-0.2, -0.15) is 0 Å². The van der Waals surface area contributed by atoms with Gasteiger partial charge in [0.2, 0.25) is 11.8 Å². The Morgan fingerprint density at radius 2 is 2.00 bits per heavy atom. The number of halogens is 3. The lowest BCUT2D eigenvalue weighted by atomic mass is 9.81. The lowest BCUT2D eigenvalue weighted by Crippen LogP contribution is -2.51. The van der Waals surface area contributed by atoms with Crippen molar-refractivity contribution in [2.45, 2.75) is 45.5 Å². The van der Waals surface area contributed by atoms with Crippen LogP contribution in [0.3, 0.4) is 0 Å². The van der Waals surface area contributed by atoms with Crippen molar-refractivity contribution < 1.29 is 27.5 Å². The Hall–Kier alpha value is -2.29. The molecule has 1 saturated heterocycles. The maximum absolute atomic E-state index is 12.6. The van der Waals surface area contributed by atoms with Crippen molar-refractivity contribution in [3.63, 3.8) is 0 Å². The number of carbonyl (C=O) groups excluding carboxylic acids is 2. The van der Waals surface area contributed by atoms with Crippen molar-refractivity contribution in [2.24, 2.45) is 11.1 Å². The van der Waals surface area contributed by atoms with Gasteiger partial charge in [0.05, 0.1) is 5.41 Å². The Morgan fingerprint density at radius 1 is 1.33 bits per heavy atom. The molecule has 150 valence electrons. The number of alkyl halides is 3. The van der Waals surface area contributed by atoms with E-state index in [9.17, 15) is 22.8 Å². The van der Waals surface area contributed by atoms with E-state index in [0.29, 0.717) is 19.3 Å². The maximum atomic E-state index is 12.6. The van der Waals surface area contributed by atoms with Gasteiger partial charge < -0.3 is 20.7 Å². The van der Waals surface area contributed by atoms with Crippen molar-refractivity contribution >= 4 is 17.5 Å². The number of carbonyl (C=O) groups is 2. The quantitative estimate of drug-likeness (QED) is 0.753. The molecule has 1 aromatic carbocycles. The molecule has 1 fully saturated rings. The van der Waals surface area contributed by atoms with Crippen molar-refractivity contribution in [1.29, 1.82) is 0 Å². The van der Waals surface area contributed by atoms with Crippen LogP contribution in [0.2, 0.25) is 0 Å². The molecule has 0 spiro atoms. The highest BCUT2D eigenvalue weighted by Gasteiger charge is 2.39. The summed E-state index contributed by atoms with van der Waals surface area (Å²) in [4.78, 5) is 26.6. The number of amides is 2. The van der Waals surface area contributed by atoms with Crippen LogP contribution in [0.15, 0.2) is 24.3 Å².